The Morgan fingerprint density at radius 3 is 2.85 bits per heavy atom. The van der Waals surface area contributed by atoms with Gasteiger partial charge in [0.05, 0.1) is 5.52 Å². The molecule has 2 rings (SSSR count). The van der Waals surface area contributed by atoms with Gasteiger partial charge in [0.1, 0.15) is 0 Å². The maximum Gasteiger partial charge on any atom is 0.248 e. The van der Waals surface area contributed by atoms with Crippen LogP contribution in [0.15, 0.2) is 30.5 Å². The molecule has 0 atom stereocenters. The summed E-state index contributed by atoms with van der Waals surface area (Å²) in [6, 6.07) is 6.67. The van der Waals surface area contributed by atoms with Gasteiger partial charge in [-0.15, -0.1) is 0 Å². The van der Waals surface area contributed by atoms with Crippen LogP contribution in [0.4, 0.5) is 0 Å². The van der Waals surface area contributed by atoms with E-state index in [0.29, 0.717) is 11.1 Å². The number of rotatable bonds is 1. The van der Waals surface area contributed by atoms with Crippen molar-refractivity contribution in [3.63, 3.8) is 0 Å². The molecular weight excluding hydrogens is 168 g/mol. The summed E-state index contributed by atoms with van der Waals surface area (Å²) in [6.45, 7) is 0. The molecule has 0 fully saturated rings. The highest BCUT2D eigenvalue weighted by Gasteiger charge is 2.04. The van der Waals surface area contributed by atoms with Crippen LogP contribution in [0.1, 0.15) is 10.4 Å². The average molecular weight is 176 g/mol. The van der Waals surface area contributed by atoms with E-state index in [1.807, 2.05) is 0 Å². The number of fused-ring (bicyclic) bond motifs is 1. The zero-order valence-corrected chi connectivity index (χ0v) is 6.77. The van der Waals surface area contributed by atoms with Gasteiger partial charge in [0, 0.05) is 17.1 Å². The molecule has 4 nitrogen and oxygen atoms in total. The van der Waals surface area contributed by atoms with Gasteiger partial charge in [-0.2, -0.15) is 4.73 Å². The van der Waals surface area contributed by atoms with Crippen LogP contribution in [-0.2, 0) is 0 Å². The van der Waals surface area contributed by atoms with Gasteiger partial charge >= 0.3 is 0 Å². The van der Waals surface area contributed by atoms with E-state index >= 15 is 0 Å². The van der Waals surface area contributed by atoms with E-state index in [9.17, 15) is 10.0 Å². The molecular formula is C9H8N2O2. The van der Waals surface area contributed by atoms with Crippen LogP contribution in [0.3, 0.4) is 0 Å². The van der Waals surface area contributed by atoms with E-state index in [1.54, 1.807) is 24.3 Å². The molecule has 0 aliphatic carbocycles. The number of carbonyl (C=O) groups excluding carboxylic acids is 1. The Morgan fingerprint density at radius 2 is 2.15 bits per heavy atom. The Labute approximate surface area is 74.1 Å². The molecule has 0 aliphatic heterocycles. The number of carbonyl (C=O) groups is 1. The summed E-state index contributed by atoms with van der Waals surface area (Å²) in [4.78, 5) is 10.8. The van der Waals surface area contributed by atoms with Gasteiger partial charge in [-0.3, -0.25) is 4.79 Å². The van der Waals surface area contributed by atoms with Crippen molar-refractivity contribution in [2.45, 2.75) is 0 Å². The predicted molar refractivity (Wildman–Crippen MR) is 47.6 cm³/mol. The summed E-state index contributed by atoms with van der Waals surface area (Å²) in [5, 5.41) is 10.2. The van der Waals surface area contributed by atoms with E-state index < -0.39 is 5.91 Å². The second-order valence-electron chi connectivity index (χ2n) is 2.80. The van der Waals surface area contributed by atoms with Gasteiger partial charge < -0.3 is 10.9 Å². The molecule has 0 bridgehead atoms. The first-order chi connectivity index (χ1) is 6.18. The predicted octanol–water partition coefficient (Wildman–Crippen LogP) is 0.978. The summed E-state index contributed by atoms with van der Waals surface area (Å²) in [5.41, 5.74) is 6.06. The van der Waals surface area contributed by atoms with Crippen LogP contribution in [0, 0.1) is 0 Å². The molecule has 0 spiro atoms. The molecule has 0 unspecified atom stereocenters. The fourth-order valence-corrected chi connectivity index (χ4v) is 1.27. The maximum atomic E-state index is 10.8. The minimum Gasteiger partial charge on any atom is -0.428 e. The first kappa shape index (κ1) is 7.67. The third kappa shape index (κ3) is 1.12. The first-order valence-electron chi connectivity index (χ1n) is 3.78. The first-order valence-corrected chi connectivity index (χ1v) is 3.78. The van der Waals surface area contributed by atoms with E-state index in [-0.39, 0.29) is 0 Å². The fraction of sp³-hybridized carbons (Fsp3) is 0. The lowest BCUT2D eigenvalue weighted by Gasteiger charge is -1.97. The van der Waals surface area contributed by atoms with Crippen molar-refractivity contribution in [3.8, 4) is 0 Å². The second kappa shape index (κ2) is 2.52. The Bertz CT molecular complexity index is 473. The van der Waals surface area contributed by atoms with E-state index in [0.717, 1.165) is 10.1 Å². The van der Waals surface area contributed by atoms with Crippen LogP contribution in [0.2, 0.25) is 0 Å². The highest BCUT2D eigenvalue weighted by Crippen LogP contribution is 2.15. The second-order valence-corrected chi connectivity index (χ2v) is 2.80. The topological polar surface area (TPSA) is 68.2 Å². The summed E-state index contributed by atoms with van der Waals surface area (Å²) < 4.78 is 0.960. The quantitative estimate of drug-likeness (QED) is 0.636. The molecule has 0 aliphatic rings. The van der Waals surface area contributed by atoms with Gasteiger partial charge in [-0.25, -0.2) is 0 Å². The highest BCUT2D eigenvalue weighted by atomic mass is 16.5. The van der Waals surface area contributed by atoms with Crippen molar-refractivity contribution < 1.29 is 10.0 Å². The third-order valence-corrected chi connectivity index (χ3v) is 1.96. The molecule has 1 amide bonds. The zero-order chi connectivity index (χ0) is 9.42. The maximum absolute atomic E-state index is 10.8. The lowest BCUT2D eigenvalue weighted by atomic mass is 10.1. The summed E-state index contributed by atoms with van der Waals surface area (Å²) in [6.07, 6.45) is 1.51. The van der Waals surface area contributed by atoms with Crippen LogP contribution in [0.5, 0.6) is 0 Å². The number of nitrogens with zero attached hydrogens (tertiary/aromatic N) is 1. The Kier molecular flexibility index (Phi) is 1.48. The SMILES string of the molecule is NC(=O)c1ccc2ccn(O)c2c1. The molecule has 1 aromatic carbocycles. The Hall–Kier alpha value is -1.97. The summed E-state index contributed by atoms with van der Waals surface area (Å²) in [7, 11) is 0. The van der Waals surface area contributed by atoms with Gasteiger partial charge in [-0.1, -0.05) is 6.07 Å². The number of hydrogen-bond donors (Lipinski definition) is 2. The van der Waals surface area contributed by atoms with Crippen molar-refractivity contribution in [1.82, 2.24) is 4.73 Å². The molecule has 1 aromatic heterocycles. The van der Waals surface area contributed by atoms with Crippen molar-refractivity contribution >= 4 is 16.8 Å². The van der Waals surface area contributed by atoms with Crippen molar-refractivity contribution in [3.05, 3.63) is 36.0 Å². The Balaban J connectivity index is 2.72. The van der Waals surface area contributed by atoms with Gasteiger partial charge in [0.25, 0.3) is 0 Å². The minimum atomic E-state index is -0.497. The summed E-state index contributed by atoms with van der Waals surface area (Å²) >= 11 is 0. The van der Waals surface area contributed by atoms with E-state index in [4.69, 9.17) is 5.73 Å². The molecule has 2 aromatic rings. The number of aromatic nitrogens is 1. The molecule has 3 N–H and O–H groups in total. The lowest BCUT2D eigenvalue weighted by molar-refractivity contribution is 0.100. The molecule has 0 saturated carbocycles. The number of amides is 1. The molecule has 4 heteroatoms. The smallest absolute Gasteiger partial charge is 0.248 e. The van der Waals surface area contributed by atoms with Gasteiger partial charge in [-0.05, 0) is 18.2 Å². The van der Waals surface area contributed by atoms with Crippen LogP contribution >= 0.6 is 0 Å². The largest absolute Gasteiger partial charge is 0.428 e. The lowest BCUT2D eigenvalue weighted by Crippen LogP contribution is -2.10. The monoisotopic (exact) mass is 176 g/mol. The normalized spacial score (nSPS) is 10.5. The average Bonchev–Trinajstić information content (AvgIpc) is 2.47. The fourth-order valence-electron chi connectivity index (χ4n) is 1.27. The molecule has 13 heavy (non-hydrogen) atoms. The van der Waals surface area contributed by atoms with Crippen LogP contribution in [0.25, 0.3) is 10.9 Å². The van der Waals surface area contributed by atoms with Gasteiger partial charge in [0.2, 0.25) is 5.91 Å². The number of primary amides is 1. The van der Waals surface area contributed by atoms with Crippen LogP contribution < -0.4 is 5.73 Å². The number of benzene rings is 1. The number of nitrogens with two attached hydrogens (primary N) is 1. The minimum absolute atomic E-state index is 0.390. The Morgan fingerprint density at radius 1 is 1.38 bits per heavy atom. The number of hydrogen-bond acceptors (Lipinski definition) is 2. The molecule has 1 heterocycles. The highest BCUT2D eigenvalue weighted by molar-refractivity contribution is 5.96. The van der Waals surface area contributed by atoms with Crippen molar-refractivity contribution in [2.24, 2.45) is 5.73 Å². The zero-order valence-electron chi connectivity index (χ0n) is 6.77. The van der Waals surface area contributed by atoms with Crippen molar-refractivity contribution in [2.75, 3.05) is 0 Å². The molecule has 0 radical (unpaired) electrons. The van der Waals surface area contributed by atoms with E-state index in [1.165, 1.54) is 6.20 Å². The summed E-state index contributed by atoms with van der Waals surface area (Å²) in [5.74, 6) is -0.497. The van der Waals surface area contributed by atoms with E-state index in [2.05, 4.69) is 0 Å². The molecule has 0 saturated heterocycles. The van der Waals surface area contributed by atoms with Crippen molar-refractivity contribution in [1.29, 1.82) is 0 Å². The molecule has 66 valence electrons. The van der Waals surface area contributed by atoms with Crippen LogP contribution in [-0.4, -0.2) is 15.8 Å². The van der Waals surface area contributed by atoms with Gasteiger partial charge in [0.15, 0.2) is 0 Å². The third-order valence-electron chi connectivity index (χ3n) is 1.96. The standard InChI is InChI=1S/C9H8N2O2/c10-9(12)7-2-1-6-3-4-11(13)8(6)5-7/h1-5,13H,(H2,10,12).